The standard InChI is InChI=1S/C15H25NO/c1-10(2)4-14-5-11-3-12(6-14)8-15(7-11,9-14)13(16)17/h10-12H,3-9H2,1-2H3,(H2,16,17). The predicted octanol–water partition coefficient (Wildman–Crippen LogP) is 3.10. The molecule has 4 saturated carbocycles. The van der Waals surface area contributed by atoms with E-state index in [9.17, 15) is 4.79 Å². The van der Waals surface area contributed by atoms with E-state index in [0.29, 0.717) is 5.41 Å². The summed E-state index contributed by atoms with van der Waals surface area (Å²) in [5.74, 6) is 2.33. The molecular weight excluding hydrogens is 210 g/mol. The highest BCUT2D eigenvalue weighted by Crippen LogP contribution is 2.66. The lowest BCUT2D eigenvalue weighted by Crippen LogP contribution is -2.56. The van der Waals surface area contributed by atoms with Gasteiger partial charge in [-0.1, -0.05) is 13.8 Å². The van der Waals surface area contributed by atoms with Crippen molar-refractivity contribution in [2.75, 3.05) is 0 Å². The third-order valence-corrected chi connectivity index (χ3v) is 5.55. The molecule has 2 heteroatoms. The van der Waals surface area contributed by atoms with E-state index < -0.39 is 0 Å². The van der Waals surface area contributed by atoms with E-state index in [4.69, 9.17) is 5.73 Å². The first kappa shape index (κ1) is 11.6. The van der Waals surface area contributed by atoms with Gasteiger partial charge in [0.15, 0.2) is 0 Å². The van der Waals surface area contributed by atoms with E-state index in [1.54, 1.807) is 0 Å². The molecule has 2 atom stereocenters. The van der Waals surface area contributed by atoms with Crippen LogP contribution < -0.4 is 5.73 Å². The predicted molar refractivity (Wildman–Crippen MR) is 68.2 cm³/mol. The maximum atomic E-state index is 11.9. The number of hydrogen-bond donors (Lipinski definition) is 1. The molecule has 96 valence electrons. The van der Waals surface area contributed by atoms with Crippen LogP contribution in [0.25, 0.3) is 0 Å². The number of amides is 1. The van der Waals surface area contributed by atoms with Crippen LogP contribution in [0.3, 0.4) is 0 Å². The van der Waals surface area contributed by atoms with Gasteiger partial charge >= 0.3 is 0 Å². The molecule has 0 radical (unpaired) electrons. The number of hydrogen-bond acceptors (Lipinski definition) is 1. The van der Waals surface area contributed by atoms with Crippen molar-refractivity contribution in [3.63, 3.8) is 0 Å². The van der Waals surface area contributed by atoms with Crippen LogP contribution in [0.15, 0.2) is 0 Å². The molecule has 0 spiro atoms. The highest BCUT2D eigenvalue weighted by atomic mass is 16.1. The molecule has 4 aliphatic carbocycles. The number of rotatable bonds is 3. The van der Waals surface area contributed by atoms with Crippen molar-refractivity contribution in [2.24, 2.45) is 34.3 Å². The number of nitrogens with two attached hydrogens (primary N) is 1. The largest absolute Gasteiger partial charge is 0.369 e. The van der Waals surface area contributed by atoms with Gasteiger partial charge in [-0.2, -0.15) is 0 Å². The molecule has 4 fully saturated rings. The van der Waals surface area contributed by atoms with Crippen molar-refractivity contribution >= 4 is 5.91 Å². The van der Waals surface area contributed by atoms with Crippen molar-refractivity contribution in [2.45, 2.75) is 58.8 Å². The minimum Gasteiger partial charge on any atom is -0.369 e. The summed E-state index contributed by atoms with van der Waals surface area (Å²) in [7, 11) is 0. The van der Waals surface area contributed by atoms with Crippen molar-refractivity contribution in [3.05, 3.63) is 0 Å². The van der Waals surface area contributed by atoms with Gasteiger partial charge in [0.25, 0.3) is 0 Å². The zero-order chi connectivity index (χ0) is 12.3. The third kappa shape index (κ3) is 1.71. The Kier molecular flexibility index (Phi) is 2.37. The highest BCUT2D eigenvalue weighted by molar-refractivity contribution is 5.81. The molecule has 0 saturated heterocycles. The highest BCUT2D eigenvalue weighted by Gasteiger charge is 2.59. The zero-order valence-corrected chi connectivity index (χ0v) is 11.2. The molecule has 4 aliphatic rings. The molecule has 0 aliphatic heterocycles. The van der Waals surface area contributed by atoms with E-state index >= 15 is 0 Å². The van der Waals surface area contributed by atoms with Crippen LogP contribution in [-0.4, -0.2) is 5.91 Å². The first-order chi connectivity index (χ1) is 7.93. The summed E-state index contributed by atoms with van der Waals surface area (Å²) >= 11 is 0. The summed E-state index contributed by atoms with van der Waals surface area (Å²) in [6.45, 7) is 4.63. The summed E-state index contributed by atoms with van der Waals surface area (Å²) in [6.07, 6.45) is 8.70. The van der Waals surface area contributed by atoms with Crippen molar-refractivity contribution in [3.8, 4) is 0 Å². The lowest BCUT2D eigenvalue weighted by Gasteiger charge is -2.61. The van der Waals surface area contributed by atoms with Gasteiger partial charge in [0.05, 0.1) is 5.41 Å². The summed E-state index contributed by atoms with van der Waals surface area (Å²) in [6, 6.07) is 0. The molecule has 0 aromatic rings. The fraction of sp³-hybridized carbons (Fsp3) is 0.933. The minimum atomic E-state index is -0.112. The van der Waals surface area contributed by atoms with Crippen LogP contribution >= 0.6 is 0 Å². The van der Waals surface area contributed by atoms with E-state index in [-0.39, 0.29) is 11.3 Å². The Bertz CT molecular complexity index is 327. The summed E-state index contributed by atoms with van der Waals surface area (Å²) in [5.41, 5.74) is 6.10. The molecule has 4 rings (SSSR count). The van der Waals surface area contributed by atoms with Gasteiger partial charge in [-0.15, -0.1) is 0 Å². The first-order valence-electron chi connectivity index (χ1n) is 7.23. The summed E-state index contributed by atoms with van der Waals surface area (Å²) in [4.78, 5) is 11.9. The Morgan fingerprint density at radius 2 is 1.82 bits per heavy atom. The quantitative estimate of drug-likeness (QED) is 0.802. The Labute approximate surface area is 104 Å². The van der Waals surface area contributed by atoms with Crippen LogP contribution in [0.1, 0.15) is 58.8 Å². The maximum absolute atomic E-state index is 11.9. The molecule has 0 heterocycles. The minimum absolute atomic E-state index is 0.000249. The van der Waals surface area contributed by atoms with Crippen LogP contribution in [0.5, 0.6) is 0 Å². The lowest BCUT2D eigenvalue weighted by molar-refractivity contribution is -0.156. The third-order valence-electron chi connectivity index (χ3n) is 5.55. The first-order valence-corrected chi connectivity index (χ1v) is 7.23. The second kappa shape index (κ2) is 3.49. The van der Waals surface area contributed by atoms with E-state index in [0.717, 1.165) is 37.0 Å². The Morgan fingerprint density at radius 3 is 2.29 bits per heavy atom. The SMILES string of the molecule is CC(C)CC12CC3CC(C1)CC(C(N)=O)(C3)C2. The van der Waals surface area contributed by atoms with Crippen LogP contribution in [0.2, 0.25) is 0 Å². The van der Waals surface area contributed by atoms with Gasteiger partial charge in [-0.05, 0) is 68.1 Å². The molecule has 2 unspecified atom stereocenters. The Hall–Kier alpha value is -0.530. The Morgan fingerprint density at radius 1 is 1.24 bits per heavy atom. The Balaban J connectivity index is 1.91. The van der Waals surface area contributed by atoms with Crippen molar-refractivity contribution in [1.82, 2.24) is 0 Å². The second-order valence-electron chi connectivity index (χ2n) is 7.70. The molecule has 2 N–H and O–H groups in total. The van der Waals surface area contributed by atoms with Gasteiger partial charge < -0.3 is 5.73 Å². The lowest BCUT2D eigenvalue weighted by atomic mass is 9.43. The molecule has 4 bridgehead atoms. The second-order valence-corrected chi connectivity index (χ2v) is 7.70. The number of primary amides is 1. The molecule has 0 aromatic heterocycles. The summed E-state index contributed by atoms with van der Waals surface area (Å²) in [5, 5.41) is 0. The molecule has 0 aromatic carbocycles. The van der Waals surface area contributed by atoms with Crippen LogP contribution in [-0.2, 0) is 4.79 Å². The fourth-order valence-electron chi connectivity index (χ4n) is 5.85. The smallest absolute Gasteiger partial charge is 0.223 e. The van der Waals surface area contributed by atoms with E-state index in [2.05, 4.69) is 13.8 Å². The van der Waals surface area contributed by atoms with Gasteiger partial charge in [0, 0.05) is 0 Å². The van der Waals surface area contributed by atoms with E-state index in [1.165, 1.54) is 25.7 Å². The normalized spacial score (nSPS) is 47.7. The van der Waals surface area contributed by atoms with Gasteiger partial charge in [0.1, 0.15) is 0 Å². The van der Waals surface area contributed by atoms with E-state index in [1.807, 2.05) is 0 Å². The average molecular weight is 235 g/mol. The molecule has 1 amide bonds. The maximum Gasteiger partial charge on any atom is 0.223 e. The van der Waals surface area contributed by atoms with Crippen molar-refractivity contribution in [1.29, 1.82) is 0 Å². The topological polar surface area (TPSA) is 43.1 Å². The number of carbonyl (C=O) groups is 1. The molecule has 17 heavy (non-hydrogen) atoms. The van der Waals surface area contributed by atoms with Gasteiger partial charge in [0.2, 0.25) is 5.91 Å². The van der Waals surface area contributed by atoms with Crippen molar-refractivity contribution < 1.29 is 4.79 Å². The average Bonchev–Trinajstić information content (AvgIpc) is 2.12. The van der Waals surface area contributed by atoms with Crippen LogP contribution in [0.4, 0.5) is 0 Å². The molecular formula is C15H25NO. The zero-order valence-electron chi connectivity index (χ0n) is 11.2. The van der Waals surface area contributed by atoms with Gasteiger partial charge in [-0.25, -0.2) is 0 Å². The monoisotopic (exact) mass is 235 g/mol. The summed E-state index contributed by atoms with van der Waals surface area (Å²) < 4.78 is 0. The van der Waals surface area contributed by atoms with Gasteiger partial charge in [-0.3, -0.25) is 4.79 Å². The van der Waals surface area contributed by atoms with Crippen LogP contribution in [0, 0.1) is 28.6 Å². The number of carbonyl (C=O) groups excluding carboxylic acids is 1. The fourth-order valence-corrected chi connectivity index (χ4v) is 5.85. The molecule has 2 nitrogen and oxygen atoms in total.